The molecule has 1 rings (SSSR count). The van der Waals surface area contributed by atoms with Crippen LogP contribution in [0.15, 0.2) is 18.2 Å². The molecule has 0 radical (unpaired) electrons. The first kappa shape index (κ1) is 11.1. The number of rotatable bonds is 3. The monoisotopic (exact) mass is 213 g/mol. The molecule has 80 valence electrons. The lowest BCUT2D eigenvalue weighted by Crippen LogP contribution is -2.23. The molecule has 15 heavy (non-hydrogen) atoms. The van der Waals surface area contributed by atoms with E-state index in [1.54, 1.807) is 0 Å². The molecule has 0 fully saturated rings. The molecule has 0 bridgehead atoms. The second-order valence-corrected chi connectivity index (χ2v) is 2.85. The van der Waals surface area contributed by atoms with Crippen molar-refractivity contribution in [3.05, 3.63) is 35.1 Å². The van der Waals surface area contributed by atoms with E-state index in [1.807, 2.05) is 0 Å². The average molecular weight is 213 g/mol. The van der Waals surface area contributed by atoms with Crippen LogP contribution in [0.1, 0.15) is 22.0 Å². The summed E-state index contributed by atoms with van der Waals surface area (Å²) in [5.74, 6) is -3.54. The zero-order chi connectivity index (χ0) is 11.6. The molecular weight excluding hydrogens is 205 g/mol. The number of carboxylic acids is 2. The van der Waals surface area contributed by atoms with E-state index in [4.69, 9.17) is 15.9 Å². The molecule has 1 unspecified atom stereocenters. The van der Waals surface area contributed by atoms with Crippen LogP contribution in [0.3, 0.4) is 0 Å². The molecule has 0 saturated carbocycles. The summed E-state index contributed by atoms with van der Waals surface area (Å²) in [6.07, 6.45) is 0. The van der Waals surface area contributed by atoms with E-state index in [0.29, 0.717) is 0 Å². The van der Waals surface area contributed by atoms with E-state index in [2.05, 4.69) is 0 Å². The molecular formula is C9H8FNO4. The van der Waals surface area contributed by atoms with Crippen molar-refractivity contribution in [3.8, 4) is 0 Å². The molecule has 0 aliphatic rings. The van der Waals surface area contributed by atoms with Crippen LogP contribution in [-0.4, -0.2) is 22.2 Å². The number of benzene rings is 1. The van der Waals surface area contributed by atoms with Crippen LogP contribution in [0.2, 0.25) is 0 Å². The van der Waals surface area contributed by atoms with Gasteiger partial charge in [0.25, 0.3) is 0 Å². The van der Waals surface area contributed by atoms with Gasteiger partial charge in [-0.3, -0.25) is 4.79 Å². The van der Waals surface area contributed by atoms with Gasteiger partial charge in [-0.2, -0.15) is 0 Å². The lowest BCUT2D eigenvalue weighted by Gasteiger charge is -2.09. The molecule has 0 heterocycles. The molecule has 1 atom stereocenters. The van der Waals surface area contributed by atoms with Crippen molar-refractivity contribution in [2.24, 2.45) is 5.73 Å². The molecule has 1 aromatic carbocycles. The van der Waals surface area contributed by atoms with Crippen molar-refractivity contribution >= 4 is 11.9 Å². The summed E-state index contributed by atoms with van der Waals surface area (Å²) in [5, 5.41) is 17.3. The van der Waals surface area contributed by atoms with Crippen molar-refractivity contribution in [1.82, 2.24) is 0 Å². The van der Waals surface area contributed by atoms with Crippen LogP contribution < -0.4 is 5.73 Å². The Bertz CT molecular complexity index is 419. The topological polar surface area (TPSA) is 101 Å². The first-order valence-corrected chi connectivity index (χ1v) is 3.94. The van der Waals surface area contributed by atoms with E-state index in [0.717, 1.165) is 18.2 Å². The third-order valence-corrected chi connectivity index (χ3v) is 1.85. The molecule has 5 nitrogen and oxygen atoms in total. The molecule has 6 heteroatoms. The predicted molar refractivity (Wildman–Crippen MR) is 47.9 cm³/mol. The van der Waals surface area contributed by atoms with Gasteiger partial charge in [0.15, 0.2) is 0 Å². The summed E-state index contributed by atoms with van der Waals surface area (Å²) in [5.41, 5.74) is 4.67. The SMILES string of the molecule is NC(C(=O)O)c1ccc(F)cc1C(=O)O. The average Bonchev–Trinajstić information content (AvgIpc) is 2.16. The number of carboxylic acid groups (broad SMARTS) is 2. The highest BCUT2D eigenvalue weighted by Gasteiger charge is 2.21. The summed E-state index contributed by atoms with van der Waals surface area (Å²) in [6.45, 7) is 0. The van der Waals surface area contributed by atoms with E-state index in [9.17, 15) is 14.0 Å². The Balaban J connectivity index is 3.28. The lowest BCUT2D eigenvalue weighted by atomic mass is 10.0. The molecule has 0 aliphatic heterocycles. The highest BCUT2D eigenvalue weighted by Crippen LogP contribution is 2.18. The largest absolute Gasteiger partial charge is 0.480 e. The van der Waals surface area contributed by atoms with Gasteiger partial charge in [-0.1, -0.05) is 6.07 Å². The number of nitrogens with two attached hydrogens (primary N) is 1. The lowest BCUT2D eigenvalue weighted by molar-refractivity contribution is -0.138. The third kappa shape index (κ3) is 2.29. The van der Waals surface area contributed by atoms with Crippen LogP contribution in [0, 0.1) is 5.82 Å². The van der Waals surface area contributed by atoms with Crippen molar-refractivity contribution in [3.63, 3.8) is 0 Å². The van der Waals surface area contributed by atoms with Gasteiger partial charge in [-0.25, -0.2) is 9.18 Å². The van der Waals surface area contributed by atoms with Gasteiger partial charge in [-0.15, -0.1) is 0 Å². The van der Waals surface area contributed by atoms with Gasteiger partial charge in [0.2, 0.25) is 0 Å². The molecule has 0 amide bonds. The van der Waals surface area contributed by atoms with Crippen molar-refractivity contribution in [1.29, 1.82) is 0 Å². The number of hydrogen-bond donors (Lipinski definition) is 3. The fraction of sp³-hybridized carbons (Fsp3) is 0.111. The Hall–Kier alpha value is -1.95. The zero-order valence-corrected chi connectivity index (χ0v) is 7.48. The maximum absolute atomic E-state index is 12.7. The first-order valence-electron chi connectivity index (χ1n) is 3.94. The standard InChI is InChI=1S/C9H8FNO4/c10-4-1-2-5(7(11)9(14)15)6(3-4)8(12)13/h1-3,7H,11H2,(H,12,13)(H,14,15). The molecule has 0 aliphatic carbocycles. The van der Waals surface area contributed by atoms with E-state index < -0.39 is 29.4 Å². The highest BCUT2D eigenvalue weighted by molar-refractivity contribution is 5.91. The Morgan fingerprint density at radius 1 is 1.33 bits per heavy atom. The first-order chi connectivity index (χ1) is 6.93. The molecule has 1 aromatic rings. The summed E-state index contributed by atoms with van der Waals surface area (Å²) in [6, 6.07) is 1.28. The van der Waals surface area contributed by atoms with E-state index >= 15 is 0 Å². The Morgan fingerprint density at radius 3 is 2.40 bits per heavy atom. The minimum absolute atomic E-state index is 0.128. The fourth-order valence-electron chi connectivity index (χ4n) is 1.12. The van der Waals surface area contributed by atoms with Crippen LogP contribution in [0.25, 0.3) is 0 Å². The molecule has 0 aromatic heterocycles. The minimum atomic E-state index is -1.48. The number of aromatic carboxylic acids is 1. The van der Waals surface area contributed by atoms with Gasteiger partial charge < -0.3 is 15.9 Å². The number of halogens is 1. The normalized spacial score (nSPS) is 12.1. The summed E-state index contributed by atoms with van der Waals surface area (Å²) < 4.78 is 12.7. The van der Waals surface area contributed by atoms with Crippen molar-refractivity contribution in [2.75, 3.05) is 0 Å². The minimum Gasteiger partial charge on any atom is -0.480 e. The maximum atomic E-state index is 12.7. The second-order valence-electron chi connectivity index (χ2n) is 2.85. The number of carbonyl (C=O) groups is 2. The summed E-state index contributed by atoms with van der Waals surface area (Å²) >= 11 is 0. The smallest absolute Gasteiger partial charge is 0.336 e. The quantitative estimate of drug-likeness (QED) is 0.682. The van der Waals surface area contributed by atoms with Gasteiger partial charge in [0, 0.05) is 0 Å². The zero-order valence-electron chi connectivity index (χ0n) is 7.48. The van der Waals surface area contributed by atoms with Crippen LogP contribution in [0.5, 0.6) is 0 Å². The van der Waals surface area contributed by atoms with E-state index in [1.165, 1.54) is 0 Å². The van der Waals surface area contributed by atoms with Crippen LogP contribution >= 0.6 is 0 Å². The molecule has 0 spiro atoms. The fourth-order valence-corrected chi connectivity index (χ4v) is 1.12. The third-order valence-electron chi connectivity index (χ3n) is 1.85. The Morgan fingerprint density at radius 2 is 1.93 bits per heavy atom. The van der Waals surface area contributed by atoms with Crippen LogP contribution in [-0.2, 0) is 4.79 Å². The van der Waals surface area contributed by atoms with Crippen LogP contribution in [0.4, 0.5) is 4.39 Å². The van der Waals surface area contributed by atoms with Crippen molar-refractivity contribution in [2.45, 2.75) is 6.04 Å². The Labute approximate surface area is 83.9 Å². The van der Waals surface area contributed by atoms with Crippen molar-refractivity contribution < 1.29 is 24.2 Å². The predicted octanol–water partition coefficient (Wildman–Crippen LogP) is 0.608. The van der Waals surface area contributed by atoms with Gasteiger partial charge in [0.05, 0.1) is 5.56 Å². The van der Waals surface area contributed by atoms with E-state index in [-0.39, 0.29) is 5.56 Å². The Kier molecular flexibility index (Phi) is 3.01. The summed E-state index contributed by atoms with van der Waals surface area (Å²) in [7, 11) is 0. The summed E-state index contributed by atoms with van der Waals surface area (Å²) in [4.78, 5) is 21.2. The maximum Gasteiger partial charge on any atom is 0.336 e. The highest BCUT2D eigenvalue weighted by atomic mass is 19.1. The molecule has 0 saturated heterocycles. The van der Waals surface area contributed by atoms with Gasteiger partial charge in [0.1, 0.15) is 11.9 Å². The van der Waals surface area contributed by atoms with Gasteiger partial charge >= 0.3 is 11.9 Å². The number of aliphatic carboxylic acids is 1. The molecule has 4 N–H and O–H groups in total. The number of hydrogen-bond acceptors (Lipinski definition) is 3. The van der Waals surface area contributed by atoms with Gasteiger partial charge in [-0.05, 0) is 17.7 Å². The second kappa shape index (κ2) is 4.05.